The molecule has 2 aromatic carbocycles. The predicted octanol–water partition coefficient (Wildman–Crippen LogP) is 3.44. The van der Waals surface area contributed by atoms with Crippen LogP contribution < -0.4 is 10.9 Å². The number of rotatable bonds is 7. The van der Waals surface area contributed by atoms with Crippen molar-refractivity contribution in [2.24, 2.45) is 0 Å². The molecule has 0 radical (unpaired) electrons. The van der Waals surface area contributed by atoms with Crippen LogP contribution in [-0.4, -0.2) is 13.4 Å². The largest absolute Gasteiger partial charge is 0.251 e. The van der Waals surface area contributed by atoms with Gasteiger partial charge in [0.15, 0.2) is 0 Å². The van der Waals surface area contributed by atoms with E-state index in [0.29, 0.717) is 13.1 Å². The second-order valence-electron chi connectivity index (χ2n) is 4.91. The van der Waals surface area contributed by atoms with Crippen LogP contribution in [0.2, 0.25) is 6.32 Å². The van der Waals surface area contributed by atoms with Crippen LogP contribution in [0.3, 0.4) is 0 Å². The van der Waals surface area contributed by atoms with E-state index in [9.17, 15) is 4.39 Å². The Bertz CT molecular complexity index is 416. The van der Waals surface area contributed by atoms with Crippen LogP contribution in [0.1, 0.15) is 19.3 Å². The van der Waals surface area contributed by atoms with E-state index in [2.05, 4.69) is 60.7 Å². The van der Waals surface area contributed by atoms with Gasteiger partial charge in [-0.1, -0.05) is 90.8 Å². The molecule has 0 saturated carbocycles. The van der Waals surface area contributed by atoms with Crippen molar-refractivity contribution < 1.29 is 4.39 Å². The zero-order valence-corrected chi connectivity index (χ0v) is 11.3. The molecule has 0 N–H and O–H groups in total. The minimum absolute atomic E-state index is 0.193. The molecule has 0 heterocycles. The van der Waals surface area contributed by atoms with Crippen LogP contribution in [0, 0.1) is 0 Å². The van der Waals surface area contributed by atoms with Crippen molar-refractivity contribution in [3.05, 3.63) is 60.7 Å². The third-order valence-electron chi connectivity index (χ3n) is 3.53. The summed E-state index contributed by atoms with van der Waals surface area (Å²) in [6.07, 6.45) is 3.84. The Morgan fingerprint density at radius 1 is 0.684 bits per heavy atom. The van der Waals surface area contributed by atoms with Crippen molar-refractivity contribution in [3.63, 3.8) is 0 Å². The van der Waals surface area contributed by atoms with Crippen molar-refractivity contribution in [2.45, 2.75) is 25.6 Å². The van der Waals surface area contributed by atoms with Gasteiger partial charge in [-0.05, 0) is 6.42 Å². The van der Waals surface area contributed by atoms with Crippen molar-refractivity contribution in [1.82, 2.24) is 0 Å². The van der Waals surface area contributed by atoms with Crippen LogP contribution in [0.25, 0.3) is 0 Å². The number of hydrogen-bond donors (Lipinski definition) is 0. The number of unbranched alkanes of at least 4 members (excludes halogenated alkanes) is 2. The molecule has 0 aliphatic heterocycles. The highest BCUT2D eigenvalue weighted by molar-refractivity contribution is 6.85. The highest BCUT2D eigenvalue weighted by Gasteiger charge is 2.17. The summed E-state index contributed by atoms with van der Waals surface area (Å²) in [5.41, 5.74) is 2.71. The molecule has 0 aliphatic carbocycles. The summed E-state index contributed by atoms with van der Waals surface area (Å²) in [4.78, 5) is 0. The van der Waals surface area contributed by atoms with Gasteiger partial charge < -0.3 is 0 Å². The number of halogens is 1. The van der Waals surface area contributed by atoms with Gasteiger partial charge in [0.25, 0.3) is 0 Å². The van der Waals surface area contributed by atoms with Gasteiger partial charge in [0, 0.05) is 0 Å². The summed E-state index contributed by atoms with van der Waals surface area (Å²) in [6, 6.07) is 21.2. The standard InChI is InChI=1S/C17H20BF/c19-15-9-3-8-14-18(16-10-4-1-5-11-16)17-12-6-2-7-13-17/h1-2,4-7,10-13H,3,8-9,14-15H2. The summed E-state index contributed by atoms with van der Waals surface area (Å²) in [7, 11) is 0. The van der Waals surface area contributed by atoms with Crippen LogP contribution in [-0.2, 0) is 0 Å². The lowest BCUT2D eigenvalue weighted by atomic mass is 9.38. The maximum Gasteiger partial charge on any atom is 0.209 e. The molecule has 0 atom stereocenters. The van der Waals surface area contributed by atoms with E-state index in [1.807, 2.05) is 0 Å². The van der Waals surface area contributed by atoms with Crippen molar-refractivity contribution in [3.8, 4) is 0 Å². The van der Waals surface area contributed by atoms with Crippen molar-refractivity contribution >= 4 is 17.6 Å². The molecule has 19 heavy (non-hydrogen) atoms. The lowest BCUT2D eigenvalue weighted by Gasteiger charge is -2.14. The summed E-state index contributed by atoms with van der Waals surface area (Å²) < 4.78 is 12.2. The average Bonchev–Trinajstić information content (AvgIpc) is 2.49. The first-order chi connectivity index (χ1) is 9.42. The molecule has 0 fully saturated rings. The quantitative estimate of drug-likeness (QED) is 0.524. The zero-order valence-electron chi connectivity index (χ0n) is 11.3. The van der Waals surface area contributed by atoms with E-state index in [1.54, 1.807) is 0 Å². The molecule has 0 bridgehead atoms. The summed E-state index contributed by atoms with van der Waals surface area (Å²) >= 11 is 0. The molecule has 98 valence electrons. The highest BCUT2D eigenvalue weighted by Crippen LogP contribution is 2.06. The van der Waals surface area contributed by atoms with E-state index in [1.165, 1.54) is 10.9 Å². The third kappa shape index (κ3) is 4.24. The Kier molecular flexibility index (Phi) is 5.67. The lowest BCUT2D eigenvalue weighted by molar-refractivity contribution is 0.460. The molecule has 0 nitrogen and oxygen atoms in total. The molecule has 0 saturated heterocycles. The number of alkyl halides is 1. The van der Waals surface area contributed by atoms with E-state index >= 15 is 0 Å². The topological polar surface area (TPSA) is 0 Å². The molecular formula is C17H20BF. The monoisotopic (exact) mass is 254 g/mol. The van der Waals surface area contributed by atoms with Crippen LogP contribution >= 0.6 is 0 Å². The summed E-state index contributed by atoms with van der Waals surface area (Å²) in [5, 5.41) is 0. The van der Waals surface area contributed by atoms with Crippen molar-refractivity contribution in [2.75, 3.05) is 6.67 Å². The maximum absolute atomic E-state index is 12.2. The lowest BCUT2D eigenvalue weighted by Crippen LogP contribution is -2.41. The molecule has 0 aromatic heterocycles. The third-order valence-corrected chi connectivity index (χ3v) is 3.53. The Morgan fingerprint density at radius 3 is 1.68 bits per heavy atom. The molecule has 2 heteroatoms. The fourth-order valence-electron chi connectivity index (χ4n) is 2.52. The van der Waals surface area contributed by atoms with Crippen LogP contribution in [0.5, 0.6) is 0 Å². The van der Waals surface area contributed by atoms with E-state index < -0.39 is 0 Å². The van der Waals surface area contributed by atoms with E-state index in [0.717, 1.165) is 19.2 Å². The van der Waals surface area contributed by atoms with Crippen LogP contribution in [0.4, 0.5) is 4.39 Å². The van der Waals surface area contributed by atoms with E-state index in [4.69, 9.17) is 0 Å². The maximum atomic E-state index is 12.2. The van der Waals surface area contributed by atoms with Gasteiger partial charge in [-0.2, -0.15) is 0 Å². The molecule has 0 unspecified atom stereocenters. The van der Waals surface area contributed by atoms with E-state index in [-0.39, 0.29) is 6.67 Å². The molecule has 2 rings (SSSR count). The molecule has 0 aliphatic rings. The molecule has 2 aromatic rings. The van der Waals surface area contributed by atoms with Gasteiger partial charge in [0.05, 0.1) is 6.67 Å². The van der Waals surface area contributed by atoms with Crippen LogP contribution in [0.15, 0.2) is 60.7 Å². The first-order valence-electron chi connectivity index (χ1n) is 7.07. The minimum Gasteiger partial charge on any atom is -0.251 e. The SMILES string of the molecule is FCCCCCB(c1ccccc1)c1ccccc1. The Labute approximate surface area is 115 Å². The number of benzene rings is 2. The van der Waals surface area contributed by atoms with Gasteiger partial charge in [-0.25, -0.2) is 0 Å². The first-order valence-corrected chi connectivity index (χ1v) is 7.07. The Balaban J connectivity index is 2.10. The van der Waals surface area contributed by atoms with Gasteiger partial charge in [-0.15, -0.1) is 0 Å². The molecule has 0 amide bonds. The normalized spacial score (nSPS) is 10.4. The Hall–Kier alpha value is -1.57. The predicted molar refractivity (Wildman–Crippen MR) is 82.5 cm³/mol. The average molecular weight is 254 g/mol. The van der Waals surface area contributed by atoms with Gasteiger partial charge in [0.1, 0.15) is 0 Å². The highest BCUT2D eigenvalue weighted by atomic mass is 19.1. The molecule has 0 spiro atoms. The molecular weight excluding hydrogens is 234 g/mol. The second kappa shape index (κ2) is 7.78. The first kappa shape index (κ1) is 13.9. The van der Waals surface area contributed by atoms with Gasteiger partial charge in [0.2, 0.25) is 6.71 Å². The van der Waals surface area contributed by atoms with Gasteiger partial charge in [-0.3, -0.25) is 4.39 Å². The summed E-state index contributed by atoms with van der Waals surface area (Å²) in [6.45, 7) is 0.239. The van der Waals surface area contributed by atoms with Crippen molar-refractivity contribution in [1.29, 1.82) is 0 Å². The number of hydrogen-bond acceptors (Lipinski definition) is 0. The fraction of sp³-hybridized carbons (Fsp3) is 0.294. The second-order valence-corrected chi connectivity index (χ2v) is 4.91. The van der Waals surface area contributed by atoms with Gasteiger partial charge >= 0.3 is 0 Å². The minimum atomic E-state index is -0.193. The zero-order chi connectivity index (χ0) is 13.3. The fourth-order valence-corrected chi connectivity index (χ4v) is 2.52. The smallest absolute Gasteiger partial charge is 0.209 e. The summed E-state index contributed by atoms with van der Waals surface area (Å²) in [5.74, 6) is 0. The Morgan fingerprint density at radius 2 is 1.21 bits per heavy atom.